The smallest absolute Gasteiger partial charge is 0.343 e. The molecule has 4 nitrogen and oxygen atoms in total. The lowest BCUT2D eigenvalue weighted by atomic mass is 9.93. The van der Waals surface area contributed by atoms with Crippen LogP contribution in [0.3, 0.4) is 0 Å². The van der Waals surface area contributed by atoms with E-state index in [-0.39, 0.29) is 11.4 Å². The lowest BCUT2D eigenvalue weighted by Gasteiger charge is -2.15. The Balaban J connectivity index is 1.83. The van der Waals surface area contributed by atoms with E-state index in [1.54, 1.807) is 18.3 Å². The SMILES string of the molecule is COC(=O)C(=CN1CCCC1)C(=O)c1cccc2c1-c1c(Cl)cc(Cl)cc1C2. The maximum atomic E-state index is 13.4. The van der Waals surface area contributed by atoms with Crippen LogP contribution in [0.1, 0.15) is 34.3 Å². The zero-order chi connectivity index (χ0) is 19.8. The Morgan fingerprint density at radius 3 is 2.54 bits per heavy atom. The lowest BCUT2D eigenvalue weighted by Crippen LogP contribution is -2.21. The zero-order valence-electron chi connectivity index (χ0n) is 15.4. The summed E-state index contributed by atoms with van der Waals surface area (Å²) in [7, 11) is 1.29. The predicted molar refractivity (Wildman–Crippen MR) is 110 cm³/mol. The van der Waals surface area contributed by atoms with Crippen LogP contribution >= 0.6 is 23.2 Å². The average molecular weight is 416 g/mol. The molecule has 2 aliphatic rings. The van der Waals surface area contributed by atoms with Crippen LogP contribution in [-0.2, 0) is 16.0 Å². The number of hydrogen-bond acceptors (Lipinski definition) is 4. The van der Waals surface area contributed by atoms with Gasteiger partial charge in [0.15, 0.2) is 0 Å². The second-order valence-electron chi connectivity index (χ2n) is 7.04. The summed E-state index contributed by atoms with van der Waals surface area (Å²) < 4.78 is 4.90. The van der Waals surface area contributed by atoms with Gasteiger partial charge in [0, 0.05) is 35.4 Å². The molecular weight excluding hydrogens is 397 g/mol. The number of carbonyl (C=O) groups is 2. The van der Waals surface area contributed by atoms with Crippen molar-refractivity contribution in [3.63, 3.8) is 0 Å². The first-order chi connectivity index (χ1) is 13.5. The largest absolute Gasteiger partial charge is 0.465 e. The molecule has 0 unspecified atom stereocenters. The van der Waals surface area contributed by atoms with Gasteiger partial charge in [0.05, 0.1) is 12.1 Å². The number of fused-ring (bicyclic) bond motifs is 3. The second kappa shape index (κ2) is 7.61. The van der Waals surface area contributed by atoms with Crippen molar-refractivity contribution in [3.05, 3.63) is 68.8 Å². The van der Waals surface area contributed by atoms with E-state index in [1.165, 1.54) is 7.11 Å². The number of methoxy groups -OCH3 is 1. The summed E-state index contributed by atoms with van der Waals surface area (Å²) in [5, 5.41) is 1.07. The fourth-order valence-corrected chi connectivity index (χ4v) is 4.63. The molecule has 0 bridgehead atoms. The van der Waals surface area contributed by atoms with Crippen molar-refractivity contribution in [3.8, 4) is 11.1 Å². The second-order valence-corrected chi connectivity index (χ2v) is 7.89. The predicted octanol–water partition coefficient (Wildman–Crippen LogP) is 4.90. The van der Waals surface area contributed by atoms with Gasteiger partial charge in [-0.05, 0) is 48.1 Å². The third-order valence-electron chi connectivity index (χ3n) is 5.27. The van der Waals surface area contributed by atoms with Crippen molar-refractivity contribution in [1.82, 2.24) is 4.90 Å². The van der Waals surface area contributed by atoms with Gasteiger partial charge < -0.3 is 9.64 Å². The molecule has 0 saturated carbocycles. The van der Waals surface area contributed by atoms with Gasteiger partial charge in [-0.3, -0.25) is 4.79 Å². The van der Waals surface area contributed by atoms with Crippen molar-refractivity contribution in [2.45, 2.75) is 19.3 Å². The molecule has 2 aromatic rings. The average Bonchev–Trinajstić information content (AvgIpc) is 3.31. The number of rotatable bonds is 4. The highest BCUT2D eigenvalue weighted by molar-refractivity contribution is 6.37. The van der Waals surface area contributed by atoms with E-state index in [0.29, 0.717) is 22.0 Å². The minimum absolute atomic E-state index is 0.0383. The third kappa shape index (κ3) is 3.31. The molecule has 1 saturated heterocycles. The number of halogens is 2. The van der Waals surface area contributed by atoms with E-state index in [2.05, 4.69) is 0 Å². The quantitative estimate of drug-likeness (QED) is 0.200. The van der Waals surface area contributed by atoms with Gasteiger partial charge in [0.2, 0.25) is 5.78 Å². The Kier molecular flexibility index (Phi) is 5.17. The molecule has 1 heterocycles. The summed E-state index contributed by atoms with van der Waals surface area (Å²) in [6, 6.07) is 9.09. The van der Waals surface area contributed by atoms with Crippen LogP contribution in [0.2, 0.25) is 10.0 Å². The van der Waals surface area contributed by atoms with Crippen molar-refractivity contribution < 1.29 is 14.3 Å². The van der Waals surface area contributed by atoms with Crippen LogP contribution in [0.4, 0.5) is 0 Å². The number of esters is 1. The van der Waals surface area contributed by atoms with Gasteiger partial charge in [0.1, 0.15) is 5.57 Å². The first kappa shape index (κ1) is 19.0. The van der Waals surface area contributed by atoms with E-state index in [0.717, 1.165) is 48.2 Å². The molecule has 28 heavy (non-hydrogen) atoms. The van der Waals surface area contributed by atoms with Crippen LogP contribution in [0, 0.1) is 0 Å². The Labute approximate surface area is 173 Å². The summed E-state index contributed by atoms with van der Waals surface area (Å²) in [5.41, 5.74) is 4.06. The van der Waals surface area contributed by atoms with Crippen molar-refractivity contribution in [2.24, 2.45) is 0 Å². The molecule has 0 N–H and O–H groups in total. The number of hydrogen-bond donors (Lipinski definition) is 0. The standard InChI is InChI=1S/C22H19Cl2NO3/c1-28-22(27)17(12-25-7-2-3-8-25)21(26)16-6-4-5-13-9-14-10-15(23)11-18(24)20(14)19(13)16/h4-6,10-12H,2-3,7-9H2,1H3. The summed E-state index contributed by atoms with van der Waals surface area (Å²) in [5.74, 6) is -0.982. The molecule has 0 amide bonds. The molecule has 1 fully saturated rings. The number of nitrogens with zero attached hydrogens (tertiary/aromatic N) is 1. The van der Waals surface area contributed by atoms with E-state index in [4.69, 9.17) is 27.9 Å². The molecule has 2 aromatic carbocycles. The zero-order valence-corrected chi connectivity index (χ0v) is 16.9. The van der Waals surface area contributed by atoms with E-state index >= 15 is 0 Å². The molecule has 0 spiro atoms. The van der Waals surface area contributed by atoms with Crippen LogP contribution in [0.15, 0.2) is 42.1 Å². The Morgan fingerprint density at radius 1 is 1.07 bits per heavy atom. The fourth-order valence-electron chi connectivity index (χ4n) is 4.00. The minimum atomic E-state index is -0.630. The molecule has 1 aliphatic carbocycles. The molecule has 0 radical (unpaired) electrons. The Morgan fingerprint density at radius 2 is 1.82 bits per heavy atom. The first-order valence-corrected chi connectivity index (χ1v) is 9.94. The minimum Gasteiger partial charge on any atom is -0.465 e. The van der Waals surface area contributed by atoms with Gasteiger partial charge in [-0.15, -0.1) is 0 Å². The number of ketones is 1. The summed E-state index contributed by atoms with van der Waals surface area (Å²) in [4.78, 5) is 27.8. The normalized spacial score (nSPS) is 15.4. The number of carbonyl (C=O) groups excluding carboxylic acids is 2. The van der Waals surface area contributed by atoms with Gasteiger partial charge in [-0.2, -0.15) is 0 Å². The number of benzene rings is 2. The van der Waals surface area contributed by atoms with Gasteiger partial charge in [-0.25, -0.2) is 4.79 Å². The van der Waals surface area contributed by atoms with E-state index in [9.17, 15) is 9.59 Å². The molecule has 0 aromatic heterocycles. The number of ether oxygens (including phenoxy) is 1. The molecule has 4 rings (SSSR count). The van der Waals surface area contributed by atoms with Gasteiger partial charge in [0.25, 0.3) is 0 Å². The topological polar surface area (TPSA) is 46.6 Å². The third-order valence-corrected chi connectivity index (χ3v) is 5.78. The summed E-state index contributed by atoms with van der Waals surface area (Å²) in [6.45, 7) is 1.65. The van der Waals surface area contributed by atoms with Crippen LogP contribution < -0.4 is 0 Å². The highest BCUT2D eigenvalue weighted by Gasteiger charge is 2.30. The maximum absolute atomic E-state index is 13.4. The molecule has 144 valence electrons. The Bertz CT molecular complexity index is 1010. The van der Waals surface area contributed by atoms with Gasteiger partial charge >= 0.3 is 5.97 Å². The van der Waals surface area contributed by atoms with E-state index < -0.39 is 5.97 Å². The first-order valence-electron chi connectivity index (χ1n) is 9.18. The highest BCUT2D eigenvalue weighted by atomic mass is 35.5. The molecular formula is C22H19Cl2NO3. The monoisotopic (exact) mass is 415 g/mol. The summed E-state index contributed by atoms with van der Waals surface area (Å²) in [6.07, 6.45) is 4.38. The molecule has 0 atom stereocenters. The van der Waals surface area contributed by atoms with Crippen molar-refractivity contribution in [1.29, 1.82) is 0 Å². The highest BCUT2D eigenvalue weighted by Crippen LogP contribution is 2.45. The van der Waals surface area contributed by atoms with Crippen LogP contribution in [0.25, 0.3) is 11.1 Å². The molecule has 6 heteroatoms. The van der Waals surface area contributed by atoms with Crippen molar-refractivity contribution in [2.75, 3.05) is 20.2 Å². The van der Waals surface area contributed by atoms with Gasteiger partial charge in [-0.1, -0.05) is 41.4 Å². The lowest BCUT2D eigenvalue weighted by molar-refractivity contribution is -0.135. The number of Topliss-reactive ketones (excluding diaryl/α,β-unsaturated/α-hetero) is 1. The van der Waals surface area contributed by atoms with Crippen LogP contribution in [0.5, 0.6) is 0 Å². The van der Waals surface area contributed by atoms with Crippen LogP contribution in [-0.4, -0.2) is 36.9 Å². The Hall–Kier alpha value is -2.30. The fraction of sp³-hybridized carbons (Fsp3) is 0.273. The molecule has 1 aliphatic heterocycles. The number of likely N-dealkylation sites (tertiary alicyclic amines) is 1. The van der Waals surface area contributed by atoms with E-state index in [1.807, 2.05) is 23.1 Å². The summed E-state index contributed by atoms with van der Waals surface area (Å²) >= 11 is 12.6. The maximum Gasteiger partial charge on any atom is 0.343 e. The van der Waals surface area contributed by atoms with Crippen molar-refractivity contribution >= 4 is 35.0 Å².